The quantitative estimate of drug-likeness (QED) is 0.807. The zero-order valence-electron chi connectivity index (χ0n) is 10.00. The topological polar surface area (TPSA) is 28.7 Å². The van der Waals surface area contributed by atoms with Gasteiger partial charge in [-0.05, 0) is 24.1 Å². The average molecular weight is 283 g/mol. The minimum Gasteiger partial charge on any atom is -0.345 e. The summed E-state index contributed by atoms with van der Waals surface area (Å²) < 4.78 is 14.4. The number of aromatic amines is 1. The molecule has 0 aliphatic heterocycles. The van der Waals surface area contributed by atoms with Crippen molar-refractivity contribution in [2.75, 3.05) is 0 Å². The number of rotatable bonds is 2. The lowest BCUT2D eigenvalue weighted by Crippen LogP contribution is -2.00. The summed E-state index contributed by atoms with van der Waals surface area (Å²) in [6, 6.07) is 4.59. The first-order valence-corrected chi connectivity index (χ1v) is 6.32. The number of hydrogen-bond donors (Lipinski definition) is 1. The van der Waals surface area contributed by atoms with Crippen LogP contribution in [0.2, 0.25) is 5.02 Å². The lowest BCUT2D eigenvalue weighted by atomic mass is 9.98. The highest BCUT2D eigenvalue weighted by Gasteiger charge is 2.14. The Labute approximate surface area is 115 Å². The van der Waals surface area contributed by atoms with Gasteiger partial charge in [0.25, 0.3) is 0 Å². The average Bonchev–Trinajstić information content (AvgIpc) is 2.28. The van der Waals surface area contributed by atoms with Gasteiger partial charge < -0.3 is 4.98 Å². The summed E-state index contributed by atoms with van der Waals surface area (Å²) in [6.07, 6.45) is 1.48. The van der Waals surface area contributed by atoms with Crippen molar-refractivity contribution >= 4 is 23.8 Å². The fraction of sp³-hybridized carbons (Fsp3) is 0.231. The molecular formula is C13H12ClFN2S. The maximum atomic E-state index is 14.0. The molecule has 0 amide bonds. The van der Waals surface area contributed by atoms with E-state index in [2.05, 4.69) is 9.97 Å². The van der Waals surface area contributed by atoms with E-state index in [1.165, 1.54) is 12.4 Å². The molecule has 2 rings (SSSR count). The van der Waals surface area contributed by atoms with Crippen LogP contribution in [0.4, 0.5) is 4.39 Å². The second kappa shape index (κ2) is 5.16. The van der Waals surface area contributed by atoms with Crippen molar-refractivity contribution in [2.45, 2.75) is 19.8 Å². The smallest absolute Gasteiger partial charge is 0.134 e. The van der Waals surface area contributed by atoms with Crippen LogP contribution in [0.3, 0.4) is 0 Å². The van der Waals surface area contributed by atoms with Crippen LogP contribution in [0.5, 0.6) is 0 Å². The Kier molecular flexibility index (Phi) is 3.78. The molecule has 1 N–H and O–H groups in total. The second-order valence-corrected chi connectivity index (χ2v) is 5.10. The number of H-pyrrole nitrogens is 1. The van der Waals surface area contributed by atoms with E-state index in [0.29, 0.717) is 20.9 Å². The number of nitrogens with zero attached hydrogens (tertiary/aromatic N) is 1. The van der Waals surface area contributed by atoms with E-state index in [4.69, 9.17) is 23.8 Å². The van der Waals surface area contributed by atoms with Crippen molar-refractivity contribution in [1.82, 2.24) is 9.97 Å². The van der Waals surface area contributed by atoms with Gasteiger partial charge in [-0.3, -0.25) is 0 Å². The van der Waals surface area contributed by atoms with E-state index < -0.39 is 0 Å². The van der Waals surface area contributed by atoms with Crippen molar-refractivity contribution < 1.29 is 4.39 Å². The summed E-state index contributed by atoms with van der Waals surface area (Å²) in [4.78, 5) is 7.02. The van der Waals surface area contributed by atoms with Crippen molar-refractivity contribution in [2.24, 2.45) is 0 Å². The Morgan fingerprint density at radius 1 is 1.39 bits per heavy atom. The highest BCUT2D eigenvalue weighted by Crippen LogP contribution is 2.30. The standard InChI is InChI=1S/C13H12ClFN2S/c1-7(2)11-12(16-6-17-13(11)18)9-4-3-8(14)5-10(9)15/h3-7H,1-2H3,(H,16,17,18). The molecule has 0 aliphatic carbocycles. The summed E-state index contributed by atoms with van der Waals surface area (Å²) in [7, 11) is 0. The van der Waals surface area contributed by atoms with Gasteiger partial charge in [-0.15, -0.1) is 0 Å². The summed E-state index contributed by atoms with van der Waals surface area (Å²) >= 11 is 11.0. The van der Waals surface area contributed by atoms with Crippen LogP contribution in [0.1, 0.15) is 25.3 Å². The molecule has 0 bridgehead atoms. The van der Waals surface area contributed by atoms with Gasteiger partial charge in [0.05, 0.1) is 12.0 Å². The molecule has 0 atom stereocenters. The van der Waals surface area contributed by atoms with Gasteiger partial charge in [0.1, 0.15) is 10.5 Å². The van der Waals surface area contributed by atoms with Gasteiger partial charge in [0.2, 0.25) is 0 Å². The molecule has 2 nitrogen and oxygen atoms in total. The second-order valence-electron chi connectivity index (χ2n) is 4.28. The van der Waals surface area contributed by atoms with E-state index in [1.54, 1.807) is 12.1 Å². The van der Waals surface area contributed by atoms with Crippen molar-refractivity contribution in [3.8, 4) is 11.3 Å². The minimum absolute atomic E-state index is 0.160. The van der Waals surface area contributed by atoms with Gasteiger partial charge in [-0.1, -0.05) is 37.7 Å². The van der Waals surface area contributed by atoms with Crippen molar-refractivity contribution in [1.29, 1.82) is 0 Å². The van der Waals surface area contributed by atoms with Gasteiger partial charge in [-0.25, -0.2) is 9.37 Å². The Balaban J connectivity index is 2.71. The van der Waals surface area contributed by atoms with E-state index in [9.17, 15) is 4.39 Å². The fourth-order valence-corrected chi connectivity index (χ4v) is 2.41. The maximum absolute atomic E-state index is 14.0. The SMILES string of the molecule is CC(C)c1c(-c2ccc(Cl)cc2F)[nH]cnc1=S. The Bertz CT molecular complexity index is 637. The molecule has 1 heterocycles. The van der Waals surface area contributed by atoms with Crippen LogP contribution >= 0.6 is 23.8 Å². The maximum Gasteiger partial charge on any atom is 0.134 e. The molecule has 1 aromatic heterocycles. The molecular weight excluding hydrogens is 271 g/mol. The van der Waals surface area contributed by atoms with Gasteiger partial charge in [-0.2, -0.15) is 0 Å². The van der Waals surface area contributed by atoms with Crippen molar-refractivity contribution in [3.63, 3.8) is 0 Å². The lowest BCUT2D eigenvalue weighted by molar-refractivity contribution is 0.630. The lowest BCUT2D eigenvalue weighted by Gasteiger charge is -2.13. The first-order valence-electron chi connectivity index (χ1n) is 5.53. The first-order chi connectivity index (χ1) is 8.50. The summed E-state index contributed by atoms with van der Waals surface area (Å²) in [5.74, 6) is -0.214. The molecule has 0 saturated heterocycles. The zero-order valence-corrected chi connectivity index (χ0v) is 11.6. The number of benzene rings is 1. The highest BCUT2D eigenvalue weighted by molar-refractivity contribution is 7.71. The molecule has 1 aromatic carbocycles. The van der Waals surface area contributed by atoms with Crippen LogP contribution in [-0.2, 0) is 0 Å². The van der Waals surface area contributed by atoms with Gasteiger partial charge in [0.15, 0.2) is 0 Å². The number of hydrogen-bond acceptors (Lipinski definition) is 2. The number of halogens is 2. The summed E-state index contributed by atoms with van der Waals surface area (Å²) in [5.41, 5.74) is 1.96. The van der Waals surface area contributed by atoms with Crippen LogP contribution in [0, 0.1) is 10.5 Å². The third-order valence-electron chi connectivity index (χ3n) is 2.67. The number of nitrogens with one attached hydrogen (secondary N) is 1. The molecule has 0 spiro atoms. The molecule has 2 aromatic rings. The Hall–Kier alpha value is -1.26. The van der Waals surface area contributed by atoms with Crippen LogP contribution in [-0.4, -0.2) is 9.97 Å². The van der Waals surface area contributed by atoms with E-state index in [1.807, 2.05) is 13.8 Å². The minimum atomic E-state index is -0.374. The number of aromatic nitrogens is 2. The Morgan fingerprint density at radius 2 is 2.11 bits per heavy atom. The van der Waals surface area contributed by atoms with Crippen LogP contribution in [0.25, 0.3) is 11.3 Å². The summed E-state index contributed by atoms with van der Waals surface area (Å²) in [5, 5.41) is 0.370. The molecule has 18 heavy (non-hydrogen) atoms. The monoisotopic (exact) mass is 282 g/mol. The van der Waals surface area contributed by atoms with E-state index in [-0.39, 0.29) is 11.7 Å². The molecule has 0 aliphatic rings. The van der Waals surface area contributed by atoms with Crippen LogP contribution < -0.4 is 0 Å². The van der Waals surface area contributed by atoms with E-state index >= 15 is 0 Å². The zero-order chi connectivity index (χ0) is 13.3. The fourth-order valence-electron chi connectivity index (χ4n) is 1.86. The highest BCUT2D eigenvalue weighted by atomic mass is 35.5. The largest absolute Gasteiger partial charge is 0.345 e. The first kappa shape index (κ1) is 13.2. The predicted molar refractivity (Wildman–Crippen MR) is 73.9 cm³/mol. The van der Waals surface area contributed by atoms with E-state index in [0.717, 1.165) is 5.56 Å². The Morgan fingerprint density at radius 3 is 2.72 bits per heavy atom. The third kappa shape index (κ3) is 2.44. The molecule has 0 radical (unpaired) electrons. The molecule has 0 saturated carbocycles. The summed E-state index contributed by atoms with van der Waals surface area (Å²) in [6.45, 7) is 4.00. The normalized spacial score (nSPS) is 10.9. The molecule has 5 heteroatoms. The molecule has 94 valence electrons. The van der Waals surface area contributed by atoms with Crippen molar-refractivity contribution in [3.05, 3.63) is 45.6 Å². The predicted octanol–water partition coefficient (Wildman–Crippen LogP) is 4.72. The van der Waals surface area contributed by atoms with Gasteiger partial charge >= 0.3 is 0 Å². The third-order valence-corrected chi connectivity index (χ3v) is 3.23. The van der Waals surface area contributed by atoms with Gasteiger partial charge in [0, 0.05) is 16.1 Å². The van der Waals surface area contributed by atoms with Crippen LogP contribution in [0.15, 0.2) is 24.5 Å². The molecule has 0 unspecified atom stereocenters. The molecule has 0 fully saturated rings.